The minimum Gasteiger partial charge on any atom is -0.347 e. The average Bonchev–Trinajstić information content (AvgIpc) is 3.18. The minimum atomic E-state index is -0.295. The van der Waals surface area contributed by atoms with Gasteiger partial charge in [0.1, 0.15) is 10.7 Å². The van der Waals surface area contributed by atoms with Gasteiger partial charge in [-0.2, -0.15) is 0 Å². The summed E-state index contributed by atoms with van der Waals surface area (Å²) in [6.07, 6.45) is 3.57. The van der Waals surface area contributed by atoms with Gasteiger partial charge in [0, 0.05) is 44.9 Å². The van der Waals surface area contributed by atoms with Crippen LogP contribution in [0.25, 0.3) is 11.1 Å². The molecular weight excluding hydrogens is 401 g/mol. The predicted molar refractivity (Wildman–Crippen MR) is 116 cm³/mol. The zero-order chi connectivity index (χ0) is 21.3. The highest BCUT2D eigenvalue weighted by atomic mass is 32.1. The van der Waals surface area contributed by atoms with Gasteiger partial charge in [-0.15, -0.1) is 11.3 Å². The van der Waals surface area contributed by atoms with E-state index in [1.54, 1.807) is 17.8 Å². The summed E-state index contributed by atoms with van der Waals surface area (Å²) in [5, 5.41) is 0. The lowest BCUT2D eigenvalue weighted by molar-refractivity contribution is 0.0710. The van der Waals surface area contributed by atoms with Gasteiger partial charge in [-0.05, 0) is 37.5 Å². The molecule has 0 bridgehead atoms. The Balaban J connectivity index is 1.70. The molecule has 0 unspecified atom stereocenters. The first-order valence-electron chi connectivity index (χ1n) is 9.93. The number of carbonyl (C=O) groups is 1. The van der Waals surface area contributed by atoms with Crippen molar-refractivity contribution in [2.45, 2.75) is 25.7 Å². The number of carbonyl (C=O) groups excluding carboxylic acids is 1. The third-order valence-electron chi connectivity index (χ3n) is 5.38. The molecule has 1 atom stereocenters. The molecule has 3 aromatic rings. The first-order chi connectivity index (χ1) is 14.4. The summed E-state index contributed by atoms with van der Waals surface area (Å²) in [6.45, 7) is 3.15. The number of amides is 1. The van der Waals surface area contributed by atoms with Crippen LogP contribution in [0.3, 0.4) is 0 Å². The van der Waals surface area contributed by atoms with Gasteiger partial charge in [0.2, 0.25) is 5.95 Å². The first kappa shape index (κ1) is 20.4. The lowest BCUT2D eigenvalue weighted by atomic mass is 9.89. The summed E-state index contributed by atoms with van der Waals surface area (Å²) >= 11 is 1.38. The summed E-state index contributed by atoms with van der Waals surface area (Å²) < 4.78 is 13.9. The van der Waals surface area contributed by atoms with E-state index in [0.717, 1.165) is 35.4 Å². The molecule has 0 saturated carbocycles. The molecule has 3 heterocycles. The lowest BCUT2D eigenvalue weighted by Crippen LogP contribution is -2.39. The van der Waals surface area contributed by atoms with E-state index in [9.17, 15) is 9.18 Å². The Morgan fingerprint density at radius 3 is 2.83 bits per heavy atom. The maximum Gasteiger partial charge on any atom is 0.265 e. The van der Waals surface area contributed by atoms with Crippen molar-refractivity contribution in [3.63, 3.8) is 0 Å². The maximum absolute atomic E-state index is 13.9. The fourth-order valence-corrected chi connectivity index (χ4v) is 4.60. The normalized spacial score (nSPS) is 16.5. The molecule has 2 aromatic heterocycles. The number of halogens is 1. The summed E-state index contributed by atoms with van der Waals surface area (Å²) in [5.74, 6) is 0.382. The Kier molecular flexibility index (Phi) is 5.76. The maximum atomic E-state index is 13.9. The number of aryl methyl sites for hydroxylation is 1. The van der Waals surface area contributed by atoms with Gasteiger partial charge in [-0.25, -0.2) is 19.3 Å². The molecule has 0 N–H and O–H groups in total. The van der Waals surface area contributed by atoms with E-state index in [4.69, 9.17) is 4.98 Å². The van der Waals surface area contributed by atoms with Crippen LogP contribution in [-0.4, -0.2) is 52.9 Å². The Bertz CT molecular complexity index is 1070. The fourth-order valence-electron chi connectivity index (χ4n) is 3.83. The van der Waals surface area contributed by atoms with E-state index >= 15 is 0 Å². The topological polar surface area (TPSA) is 62.2 Å². The van der Waals surface area contributed by atoms with Crippen molar-refractivity contribution < 1.29 is 9.18 Å². The molecule has 8 heteroatoms. The van der Waals surface area contributed by atoms with Gasteiger partial charge in [-0.1, -0.05) is 12.1 Å². The molecule has 6 nitrogen and oxygen atoms in total. The molecule has 1 fully saturated rings. The largest absolute Gasteiger partial charge is 0.347 e. The van der Waals surface area contributed by atoms with Crippen LogP contribution in [0.2, 0.25) is 0 Å². The van der Waals surface area contributed by atoms with E-state index in [1.165, 1.54) is 23.5 Å². The molecule has 30 heavy (non-hydrogen) atoms. The van der Waals surface area contributed by atoms with Crippen LogP contribution in [0.5, 0.6) is 0 Å². The smallest absolute Gasteiger partial charge is 0.265 e. The highest BCUT2D eigenvalue weighted by Crippen LogP contribution is 2.34. The van der Waals surface area contributed by atoms with Gasteiger partial charge < -0.3 is 9.80 Å². The van der Waals surface area contributed by atoms with E-state index in [-0.39, 0.29) is 17.6 Å². The molecule has 1 aromatic carbocycles. The zero-order valence-electron chi connectivity index (χ0n) is 17.3. The number of rotatable bonds is 4. The van der Waals surface area contributed by atoms with Crippen molar-refractivity contribution in [1.82, 2.24) is 19.9 Å². The number of hydrogen-bond acceptors (Lipinski definition) is 6. The van der Waals surface area contributed by atoms with E-state index < -0.39 is 0 Å². The summed E-state index contributed by atoms with van der Waals surface area (Å²) in [4.78, 5) is 31.0. The third kappa shape index (κ3) is 4.05. The van der Waals surface area contributed by atoms with Crippen molar-refractivity contribution in [3.05, 3.63) is 58.1 Å². The number of aromatic nitrogens is 3. The molecule has 1 saturated heterocycles. The number of piperidine rings is 1. The van der Waals surface area contributed by atoms with Crippen molar-refractivity contribution in [2.24, 2.45) is 0 Å². The second-order valence-electron chi connectivity index (χ2n) is 7.73. The Morgan fingerprint density at radius 2 is 2.13 bits per heavy atom. The number of anilines is 1. The van der Waals surface area contributed by atoms with Gasteiger partial charge in [0.05, 0.1) is 16.9 Å². The second-order valence-corrected chi connectivity index (χ2v) is 8.59. The number of hydrogen-bond donors (Lipinski definition) is 0. The molecular formula is C22H24FN5OS. The van der Waals surface area contributed by atoms with Crippen LogP contribution in [0.15, 0.2) is 36.0 Å². The van der Waals surface area contributed by atoms with Crippen molar-refractivity contribution in [3.8, 4) is 11.1 Å². The molecule has 1 amide bonds. The van der Waals surface area contributed by atoms with Crippen LogP contribution in [0.4, 0.5) is 10.3 Å². The first-order valence-corrected chi connectivity index (χ1v) is 10.8. The van der Waals surface area contributed by atoms with Crippen LogP contribution >= 0.6 is 11.3 Å². The highest BCUT2D eigenvalue weighted by molar-refractivity contribution is 7.11. The molecule has 0 aliphatic carbocycles. The van der Waals surface area contributed by atoms with Crippen LogP contribution in [0.1, 0.15) is 39.8 Å². The van der Waals surface area contributed by atoms with Gasteiger partial charge in [0.25, 0.3) is 5.91 Å². The van der Waals surface area contributed by atoms with Gasteiger partial charge in [0.15, 0.2) is 0 Å². The summed E-state index contributed by atoms with van der Waals surface area (Å²) in [7, 11) is 3.79. The monoisotopic (exact) mass is 425 g/mol. The molecule has 0 spiro atoms. The van der Waals surface area contributed by atoms with Crippen molar-refractivity contribution in [2.75, 3.05) is 32.1 Å². The van der Waals surface area contributed by atoms with Gasteiger partial charge >= 0.3 is 0 Å². The minimum absolute atomic E-state index is 0.0221. The van der Waals surface area contributed by atoms with Crippen LogP contribution in [0, 0.1) is 12.7 Å². The Hall–Kier alpha value is -2.87. The van der Waals surface area contributed by atoms with E-state index in [0.29, 0.717) is 23.9 Å². The summed E-state index contributed by atoms with van der Waals surface area (Å²) in [6, 6.07) is 6.49. The highest BCUT2D eigenvalue weighted by Gasteiger charge is 2.30. The zero-order valence-corrected chi connectivity index (χ0v) is 18.1. The van der Waals surface area contributed by atoms with E-state index in [1.807, 2.05) is 36.9 Å². The second kappa shape index (κ2) is 8.47. The van der Waals surface area contributed by atoms with Gasteiger partial charge in [-0.3, -0.25) is 4.79 Å². The average molecular weight is 426 g/mol. The Labute approximate surface area is 179 Å². The molecule has 1 aliphatic rings. The molecule has 0 radical (unpaired) electrons. The third-order valence-corrected chi connectivity index (χ3v) is 6.29. The van der Waals surface area contributed by atoms with Crippen molar-refractivity contribution >= 4 is 23.2 Å². The van der Waals surface area contributed by atoms with Crippen LogP contribution in [-0.2, 0) is 0 Å². The predicted octanol–water partition coefficient (Wildman–Crippen LogP) is 4.13. The standard InChI is InChI=1S/C22H24FN5OS/c1-14-20(30-13-25-14)21(29)28-9-5-7-16(12-28)19-18(11-24-22(26-19)27(2)3)15-6-4-8-17(23)10-15/h4,6,8,10-11,13,16H,5,7,9,12H2,1-3H3/t16-/m0/s1. The van der Waals surface area contributed by atoms with E-state index in [2.05, 4.69) is 9.97 Å². The number of benzene rings is 1. The number of likely N-dealkylation sites (tertiary alicyclic amines) is 1. The molecule has 156 valence electrons. The fraction of sp³-hybridized carbons (Fsp3) is 0.364. The molecule has 4 rings (SSSR count). The quantitative estimate of drug-likeness (QED) is 0.629. The number of nitrogens with zero attached hydrogens (tertiary/aromatic N) is 5. The molecule has 1 aliphatic heterocycles. The Morgan fingerprint density at radius 1 is 1.30 bits per heavy atom. The summed E-state index contributed by atoms with van der Waals surface area (Å²) in [5.41, 5.74) is 4.90. The van der Waals surface area contributed by atoms with Crippen molar-refractivity contribution in [1.29, 1.82) is 0 Å². The number of thiazole rings is 1. The SMILES string of the molecule is Cc1ncsc1C(=O)N1CCC[C@H](c2nc(N(C)C)ncc2-c2cccc(F)c2)C1. The lowest BCUT2D eigenvalue weighted by Gasteiger charge is -2.33. The van der Waals surface area contributed by atoms with Crippen LogP contribution < -0.4 is 4.90 Å².